The van der Waals surface area contributed by atoms with Gasteiger partial charge in [0.05, 0.1) is 12.3 Å². The van der Waals surface area contributed by atoms with Gasteiger partial charge in [-0.2, -0.15) is 0 Å². The first-order valence-corrected chi connectivity index (χ1v) is 8.07. The highest BCUT2D eigenvalue weighted by molar-refractivity contribution is 5.82. The molecule has 0 spiro atoms. The van der Waals surface area contributed by atoms with E-state index in [0.717, 1.165) is 29.3 Å². The number of benzene rings is 2. The molecule has 2 heteroatoms. The van der Waals surface area contributed by atoms with Crippen LogP contribution in [0.15, 0.2) is 53.5 Å². The fourth-order valence-corrected chi connectivity index (χ4v) is 2.23. The maximum absolute atomic E-state index is 5.43. The van der Waals surface area contributed by atoms with Crippen molar-refractivity contribution in [2.45, 2.75) is 33.6 Å². The van der Waals surface area contributed by atoms with Gasteiger partial charge in [0.15, 0.2) is 0 Å². The summed E-state index contributed by atoms with van der Waals surface area (Å²) >= 11 is 0. The van der Waals surface area contributed by atoms with Crippen LogP contribution in [0.3, 0.4) is 0 Å². The summed E-state index contributed by atoms with van der Waals surface area (Å²) in [6.07, 6.45) is 4.25. The highest BCUT2D eigenvalue weighted by Crippen LogP contribution is 2.17. The van der Waals surface area contributed by atoms with Crippen LogP contribution in [0, 0.1) is 5.92 Å². The van der Waals surface area contributed by atoms with Crippen LogP contribution >= 0.6 is 0 Å². The fourth-order valence-electron chi connectivity index (χ4n) is 2.23. The molecule has 2 nitrogen and oxygen atoms in total. The van der Waals surface area contributed by atoms with Crippen LogP contribution in [0.25, 0.3) is 0 Å². The van der Waals surface area contributed by atoms with Gasteiger partial charge in [-0.15, -0.1) is 0 Å². The predicted molar refractivity (Wildman–Crippen MR) is 94.5 cm³/mol. The minimum Gasteiger partial charge on any atom is -0.494 e. The molecule has 0 amide bonds. The van der Waals surface area contributed by atoms with E-state index in [9.17, 15) is 0 Å². The van der Waals surface area contributed by atoms with Gasteiger partial charge in [0.1, 0.15) is 5.75 Å². The topological polar surface area (TPSA) is 21.6 Å². The van der Waals surface area contributed by atoms with Crippen molar-refractivity contribution >= 4 is 11.9 Å². The first-order chi connectivity index (χ1) is 10.7. The molecule has 1 unspecified atom stereocenters. The molecular weight excluding hydrogens is 270 g/mol. The molecule has 0 radical (unpaired) electrons. The molecule has 0 aliphatic heterocycles. The Morgan fingerprint density at radius 1 is 1.00 bits per heavy atom. The molecule has 0 aliphatic rings. The zero-order chi connectivity index (χ0) is 15.8. The van der Waals surface area contributed by atoms with E-state index >= 15 is 0 Å². The molecule has 0 aliphatic carbocycles. The van der Waals surface area contributed by atoms with Gasteiger partial charge >= 0.3 is 0 Å². The lowest BCUT2D eigenvalue weighted by Crippen LogP contribution is -1.96. The van der Waals surface area contributed by atoms with Crippen LogP contribution in [0.4, 0.5) is 5.69 Å². The molecule has 116 valence electrons. The Bertz CT molecular complexity index is 584. The van der Waals surface area contributed by atoms with E-state index in [2.05, 4.69) is 43.1 Å². The van der Waals surface area contributed by atoms with Crippen molar-refractivity contribution in [2.75, 3.05) is 6.61 Å². The molecule has 0 saturated heterocycles. The van der Waals surface area contributed by atoms with Gasteiger partial charge in [-0.25, -0.2) is 0 Å². The summed E-state index contributed by atoms with van der Waals surface area (Å²) in [6.45, 7) is 7.20. The maximum Gasteiger partial charge on any atom is 0.119 e. The van der Waals surface area contributed by atoms with Crippen molar-refractivity contribution in [3.63, 3.8) is 0 Å². The maximum atomic E-state index is 5.43. The van der Waals surface area contributed by atoms with Crippen LogP contribution in [0.1, 0.15) is 38.3 Å². The van der Waals surface area contributed by atoms with Crippen molar-refractivity contribution in [2.24, 2.45) is 10.9 Å². The molecule has 0 saturated carbocycles. The fraction of sp³-hybridized carbons (Fsp3) is 0.350. The van der Waals surface area contributed by atoms with E-state index in [4.69, 9.17) is 4.74 Å². The van der Waals surface area contributed by atoms with Crippen molar-refractivity contribution in [3.8, 4) is 5.75 Å². The number of hydrogen-bond acceptors (Lipinski definition) is 2. The van der Waals surface area contributed by atoms with Crippen LogP contribution < -0.4 is 4.74 Å². The predicted octanol–water partition coefficient (Wildman–Crippen LogP) is 5.42. The first-order valence-electron chi connectivity index (χ1n) is 8.07. The Morgan fingerprint density at radius 2 is 1.68 bits per heavy atom. The quantitative estimate of drug-likeness (QED) is 0.625. The molecule has 0 aromatic heterocycles. The highest BCUT2D eigenvalue weighted by Gasteiger charge is 2.00. The molecule has 1 atom stereocenters. The van der Waals surface area contributed by atoms with E-state index in [0.29, 0.717) is 6.61 Å². The average Bonchev–Trinajstić information content (AvgIpc) is 2.56. The Hall–Kier alpha value is -2.09. The number of rotatable bonds is 7. The van der Waals surface area contributed by atoms with E-state index < -0.39 is 0 Å². The average molecular weight is 295 g/mol. The minimum atomic E-state index is 0.691. The van der Waals surface area contributed by atoms with Crippen LogP contribution in [-0.2, 0) is 6.42 Å². The second kappa shape index (κ2) is 8.38. The zero-order valence-corrected chi connectivity index (χ0v) is 13.8. The summed E-state index contributed by atoms with van der Waals surface area (Å²) in [5.41, 5.74) is 3.45. The molecule has 2 aromatic rings. The van der Waals surface area contributed by atoms with Crippen LogP contribution in [0.5, 0.6) is 5.75 Å². The summed E-state index contributed by atoms with van der Waals surface area (Å²) in [7, 11) is 0. The van der Waals surface area contributed by atoms with Gasteiger partial charge in [-0.05, 0) is 66.8 Å². The summed E-state index contributed by atoms with van der Waals surface area (Å²) in [6, 6.07) is 16.5. The lowest BCUT2D eigenvalue weighted by molar-refractivity contribution is 0.340. The third-order valence-electron chi connectivity index (χ3n) is 3.77. The van der Waals surface area contributed by atoms with Gasteiger partial charge in [0, 0.05) is 6.21 Å². The molecule has 0 fully saturated rings. The normalized spacial score (nSPS) is 12.5. The zero-order valence-electron chi connectivity index (χ0n) is 13.8. The Morgan fingerprint density at radius 3 is 2.27 bits per heavy atom. The van der Waals surface area contributed by atoms with Crippen molar-refractivity contribution in [3.05, 3.63) is 59.7 Å². The number of aliphatic imine (C=N–C) groups is 1. The summed E-state index contributed by atoms with van der Waals surface area (Å²) in [5, 5.41) is 0. The monoisotopic (exact) mass is 295 g/mol. The van der Waals surface area contributed by atoms with Crippen molar-refractivity contribution < 1.29 is 4.74 Å². The summed E-state index contributed by atoms with van der Waals surface area (Å²) < 4.78 is 5.43. The number of hydrogen-bond donors (Lipinski definition) is 0. The Kier molecular flexibility index (Phi) is 6.20. The molecule has 2 aromatic carbocycles. The van der Waals surface area contributed by atoms with Gasteiger partial charge in [0.2, 0.25) is 0 Å². The van der Waals surface area contributed by atoms with E-state index in [1.54, 1.807) is 0 Å². The molecule has 0 heterocycles. The lowest BCUT2D eigenvalue weighted by atomic mass is 9.99. The highest BCUT2D eigenvalue weighted by atomic mass is 16.5. The largest absolute Gasteiger partial charge is 0.494 e. The van der Waals surface area contributed by atoms with Gasteiger partial charge in [-0.1, -0.05) is 32.4 Å². The second-order valence-corrected chi connectivity index (χ2v) is 5.64. The van der Waals surface area contributed by atoms with Crippen LogP contribution in [0.2, 0.25) is 0 Å². The standard InChI is InChI=1S/C20H25NO/c1-4-16(3)14-17-6-10-19(11-7-17)21-15-18-8-12-20(13-9-18)22-5-2/h6-13,15-16H,4-5,14H2,1-3H3. The van der Waals surface area contributed by atoms with Gasteiger partial charge in [0.25, 0.3) is 0 Å². The number of nitrogens with zero attached hydrogens (tertiary/aromatic N) is 1. The molecule has 0 bridgehead atoms. The van der Waals surface area contributed by atoms with Crippen molar-refractivity contribution in [1.29, 1.82) is 0 Å². The Balaban J connectivity index is 1.97. The second-order valence-electron chi connectivity index (χ2n) is 5.64. The van der Waals surface area contributed by atoms with E-state index in [1.165, 1.54) is 12.0 Å². The SMILES string of the molecule is CCOc1ccc(C=Nc2ccc(CC(C)CC)cc2)cc1. The van der Waals surface area contributed by atoms with E-state index in [-0.39, 0.29) is 0 Å². The summed E-state index contributed by atoms with van der Waals surface area (Å²) in [5.74, 6) is 1.63. The number of ether oxygens (including phenoxy) is 1. The Labute approximate surface area is 133 Å². The lowest BCUT2D eigenvalue weighted by Gasteiger charge is -2.08. The minimum absolute atomic E-state index is 0.691. The smallest absolute Gasteiger partial charge is 0.119 e. The molecule has 22 heavy (non-hydrogen) atoms. The first kappa shape index (κ1) is 16.3. The van der Waals surface area contributed by atoms with Crippen LogP contribution in [-0.4, -0.2) is 12.8 Å². The third kappa shape index (κ3) is 5.03. The molecular formula is C20H25NO. The molecule has 2 rings (SSSR count). The van der Waals surface area contributed by atoms with Gasteiger partial charge < -0.3 is 4.74 Å². The van der Waals surface area contributed by atoms with Gasteiger partial charge in [-0.3, -0.25) is 4.99 Å². The molecule has 0 N–H and O–H groups in total. The van der Waals surface area contributed by atoms with E-state index in [1.807, 2.05) is 37.4 Å². The van der Waals surface area contributed by atoms with Crippen molar-refractivity contribution in [1.82, 2.24) is 0 Å². The summed E-state index contributed by atoms with van der Waals surface area (Å²) in [4.78, 5) is 4.53. The third-order valence-corrected chi connectivity index (χ3v) is 3.77.